The van der Waals surface area contributed by atoms with Crippen molar-refractivity contribution in [2.24, 2.45) is 0 Å². The van der Waals surface area contributed by atoms with Crippen LogP contribution < -0.4 is 5.32 Å². The summed E-state index contributed by atoms with van der Waals surface area (Å²) in [4.78, 5) is -0.0635. The smallest absolute Gasteiger partial charge is 0.243 e. The maximum absolute atomic E-state index is 13.2. The second-order valence-electron chi connectivity index (χ2n) is 6.92. The Bertz CT molecular complexity index is 849. The summed E-state index contributed by atoms with van der Waals surface area (Å²) in [5.41, 5.74) is 0. The van der Waals surface area contributed by atoms with E-state index in [0.29, 0.717) is 32.8 Å². The zero-order valence-corrected chi connectivity index (χ0v) is 17.2. The lowest BCUT2D eigenvalue weighted by atomic mass is 10.2. The highest BCUT2D eigenvalue weighted by molar-refractivity contribution is 7.90. The van der Waals surface area contributed by atoms with Crippen LogP contribution >= 0.6 is 0 Å². The molecule has 0 saturated carbocycles. The van der Waals surface area contributed by atoms with Crippen molar-refractivity contribution in [1.29, 1.82) is 0 Å². The molecule has 1 atom stereocenters. The first-order valence-corrected chi connectivity index (χ1v) is 12.4. The van der Waals surface area contributed by atoms with Gasteiger partial charge in [-0.2, -0.15) is 8.61 Å². The van der Waals surface area contributed by atoms with Gasteiger partial charge in [0.25, 0.3) is 0 Å². The monoisotopic (exact) mass is 435 g/mol. The predicted molar refractivity (Wildman–Crippen MR) is 102 cm³/mol. The maximum Gasteiger partial charge on any atom is 0.243 e. The van der Waals surface area contributed by atoms with Crippen LogP contribution in [0.5, 0.6) is 0 Å². The van der Waals surface area contributed by atoms with Crippen LogP contribution in [0.2, 0.25) is 0 Å². The fourth-order valence-electron chi connectivity index (χ4n) is 3.35. The summed E-state index contributed by atoms with van der Waals surface area (Å²) in [7, 11) is -7.54. The fourth-order valence-corrected chi connectivity index (χ4v) is 6.39. The standard InChI is InChI=1S/C17H26FN3O5S2/c18-15-3-5-17(6-4-15)28(24,25)21(14-16-2-1-12-26-16)11-13-27(22,23)20-9-7-19-8-10-20/h3-6,16,19H,1-2,7-14H2. The molecular formula is C17H26FN3O5S2. The van der Waals surface area contributed by atoms with Gasteiger partial charge in [-0.25, -0.2) is 21.2 Å². The summed E-state index contributed by atoms with van der Waals surface area (Å²) in [6.07, 6.45) is 1.30. The highest BCUT2D eigenvalue weighted by Crippen LogP contribution is 2.21. The summed E-state index contributed by atoms with van der Waals surface area (Å²) in [6.45, 7) is 2.37. The van der Waals surface area contributed by atoms with Gasteiger partial charge >= 0.3 is 0 Å². The van der Waals surface area contributed by atoms with Crippen LogP contribution in [-0.4, -0.2) is 83.2 Å². The Balaban J connectivity index is 1.77. The number of nitrogens with zero attached hydrogens (tertiary/aromatic N) is 2. The second kappa shape index (κ2) is 9.14. The molecule has 2 aliphatic rings. The third-order valence-electron chi connectivity index (χ3n) is 4.95. The number of ether oxygens (including phenoxy) is 1. The minimum Gasteiger partial charge on any atom is -0.377 e. The summed E-state index contributed by atoms with van der Waals surface area (Å²) in [5.74, 6) is -0.842. The molecule has 0 aromatic heterocycles. The van der Waals surface area contributed by atoms with Crippen molar-refractivity contribution in [1.82, 2.24) is 13.9 Å². The number of halogens is 1. The molecule has 158 valence electrons. The summed E-state index contributed by atoms with van der Waals surface area (Å²) in [5, 5.41) is 3.09. The Morgan fingerprint density at radius 1 is 1.14 bits per heavy atom. The van der Waals surface area contributed by atoms with E-state index in [1.54, 1.807) is 0 Å². The number of piperazine rings is 1. The van der Waals surface area contributed by atoms with E-state index in [1.807, 2.05) is 0 Å². The highest BCUT2D eigenvalue weighted by atomic mass is 32.2. The summed E-state index contributed by atoms with van der Waals surface area (Å²) in [6, 6.07) is 4.54. The average molecular weight is 436 g/mol. The van der Waals surface area contributed by atoms with Crippen LogP contribution in [0, 0.1) is 5.82 Å². The Morgan fingerprint density at radius 3 is 2.43 bits per heavy atom. The van der Waals surface area contributed by atoms with E-state index in [1.165, 1.54) is 16.4 Å². The topological polar surface area (TPSA) is 96.0 Å². The molecule has 2 aliphatic heterocycles. The van der Waals surface area contributed by atoms with E-state index in [2.05, 4.69) is 5.32 Å². The molecule has 0 bridgehead atoms. The van der Waals surface area contributed by atoms with E-state index in [-0.39, 0.29) is 29.8 Å². The van der Waals surface area contributed by atoms with Crippen LogP contribution in [0.25, 0.3) is 0 Å². The molecular weight excluding hydrogens is 409 g/mol. The molecule has 0 radical (unpaired) electrons. The van der Waals surface area contributed by atoms with E-state index in [9.17, 15) is 21.2 Å². The van der Waals surface area contributed by atoms with Crippen LogP contribution in [0.15, 0.2) is 29.2 Å². The molecule has 0 aliphatic carbocycles. The number of sulfonamides is 2. The SMILES string of the molecule is O=S(=O)(CCN(CC1CCCO1)S(=O)(=O)c1ccc(F)cc1)N1CCNCC1. The molecule has 1 aromatic carbocycles. The third-order valence-corrected chi connectivity index (χ3v) is 8.68. The summed E-state index contributed by atoms with van der Waals surface area (Å²) >= 11 is 0. The second-order valence-corrected chi connectivity index (χ2v) is 10.9. The quantitative estimate of drug-likeness (QED) is 0.628. The number of hydrogen-bond acceptors (Lipinski definition) is 6. The first-order valence-electron chi connectivity index (χ1n) is 9.35. The van der Waals surface area contributed by atoms with Crippen molar-refractivity contribution in [3.63, 3.8) is 0 Å². The molecule has 1 aromatic rings. The predicted octanol–water partition coefficient (Wildman–Crippen LogP) is 0.230. The van der Waals surface area contributed by atoms with Crippen molar-refractivity contribution in [2.45, 2.75) is 23.8 Å². The van der Waals surface area contributed by atoms with E-state index >= 15 is 0 Å². The van der Waals surface area contributed by atoms with Gasteiger partial charge in [0.2, 0.25) is 20.0 Å². The number of nitrogens with one attached hydrogen (secondary N) is 1. The number of hydrogen-bond donors (Lipinski definition) is 1. The molecule has 2 heterocycles. The van der Waals surface area contributed by atoms with Gasteiger partial charge in [-0.05, 0) is 37.1 Å². The zero-order valence-electron chi connectivity index (χ0n) is 15.6. The Kier molecular flexibility index (Phi) is 7.05. The lowest BCUT2D eigenvalue weighted by Crippen LogP contribution is -2.49. The van der Waals surface area contributed by atoms with Gasteiger partial charge in [-0.3, -0.25) is 0 Å². The highest BCUT2D eigenvalue weighted by Gasteiger charge is 2.32. The molecule has 1 N–H and O–H groups in total. The van der Waals surface area contributed by atoms with E-state index in [4.69, 9.17) is 4.74 Å². The van der Waals surface area contributed by atoms with Crippen molar-refractivity contribution in [3.05, 3.63) is 30.1 Å². The van der Waals surface area contributed by atoms with Crippen molar-refractivity contribution in [2.75, 3.05) is 51.6 Å². The van der Waals surface area contributed by atoms with E-state index < -0.39 is 25.9 Å². The van der Waals surface area contributed by atoms with Crippen LogP contribution in [0.3, 0.4) is 0 Å². The molecule has 11 heteroatoms. The molecule has 1 unspecified atom stereocenters. The minimum atomic E-state index is -3.97. The molecule has 2 saturated heterocycles. The van der Waals surface area contributed by atoms with Crippen LogP contribution in [0.4, 0.5) is 4.39 Å². The van der Waals surface area contributed by atoms with Gasteiger partial charge in [0.15, 0.2) is 0 Å². The first kappa shape index (κ1) is 21.6. The molecule has 0 spiro atoms. The number of rotatable bonds is 8. The van der Waals surface area contributed by atoms with Crippen LogP contribution in [0.1, 0.15) is 12.8 Å². The lowest BCUT2D eigenvalue weighted by molar-refractivity contribution is 0.0947. The molecule has 0 amide bonds. The van der Waals surface area contributed by atoms with Gasteiger partial charge in [0.05, 0.1) is 16.8 Å². The summed E-state index contributed by atoms with van der Waals surface area (Å²) < 4.78 is 72.6. The van der Waals surface area contributed by atoms with Gasteiger partial charge < -0.3 is 10.1 Å². The Labute approximate surface area is 165 Å². The largest absolute Gasteiger partial charge is 0.377 e. The normalized spacial score (nSPS) is 22.0. The fraction of sp³-hybridized carbons (Fsp3) is 0.647. The van der Waals surface area contributed by atoms with Gasteiger partial charge in [0, 0.05) is 45.9 Å². The molecule has 28 heavy (non-hydrogen) atoms. The van der Waals surface area contributed by atoms with Crippen LogP contribution in [-0.2, 0) is 24.8 Å². The van der Waals surface area contributed by atoms with Crippen molar-refractivity contribution < 1.29 is 26.0 Å². The van der Waals surface area contributed by atoms with Crippen molar-refractivity contribution in [3.8, 4) is 0 Å². The Hall–Kier alpha value is -1.11. The molecule has 8 nitrogen and oxygen atoms in total. The first-order chi connectivity index (χ1) is 13.3. The van der Waals surface area contributed by atoms with Gasteiger partial charge in [-0.1, -0.05) is 0 Å². The average Bonchev–Trinajstić information content (AvgIpc) is 3.19. The third kappa shape index (κ3) is 5.28. The zero-order chi connectivity index (χ0) is 20.2. The maximum atomic E-state index is 13.2. The Morgan fingerprint density at radius 2 is 1.82 bits per heavy atom. The van der Waals surface area contributed by atoms with Gasteiger partial charge in [-0.15, -0.1) is 0 Å². The minimum absolute atomic E-state index is 0.0635. The number of benzene rings is 1. The molecule has 2 fully saturated rings. The van der Waals surface area contributed by atoms with Crippen molar-refractivity contribution >= 4 is 20.0 Å². The molecule has 3 rings (SSSR count). The van der Waals surface area contributed by atoms with E-state index in [0.717, 1.165) is 29.3 Å². The lowest BCUT2D eigenvalue weighted by Gasteiger charge is -2.29. The van der Waals surface area contributed by atoms with Gasteiger partial charge in [0.1, 0.15) is 5.82 Å².